The summed E-state index contributed by atoms with van der Waals surface area (Å²) in [5.41, 5.74) is 2.75. The Kier molecular flexibility index (Phi) is 7.04. The lowest BCUT2D eigenvalue weighted by atomic mass is 9.79. The Bertz CT molecular complexity index is 829. The van der Waals surface area contributed by atoms with Gasteiger partial charge in [-0.15, -0.1) is 6.58 Å². The fraction of sp³-hybridized carbons (Fsp3) is 0.333. The van der Waals surface area contributed by atoms with E-state index in [1.54, 1.807) is 0 Å². The number of hydrogen-bond acceptors (Lipinski definition) is 1. The van der Waals surface area contributed by atoms with Crippen molar-refractivity contribution in [3.05, 3.63) is 120 Å². The van der Waals surface area contributed by atoms with Crippen LogP contribution in [0.3, 0.4) is 0 Å². The van der Waals surface area contributed by atoms with E-state index in [-0.39, 0.29) is 6.10 Å². The maximum Gasteiger partial charge on any atom is 0.144 e. The standard InChI is InChI=1S/C30H34O/c1-3-29(24(2)23-25-15-13-14-16-25)31-30(26-17-7-4-8-18-26,27-19-9-5-10-20-27)28-21-11-6-12-22-28/h3-12,17-22,24-25,29H,1,13-16,23H2,2H3. The van der Waals surface area contributed by atoms with Crippen molar-refractivity contribution in [1.82, 2.24) is 0 Å². The molecular weight excluding hydrogens is 376 g/mol. The van der Waals surface area contributed by atoms with Crippen LogP contribution in [0.5, 0.6) is 0 Å². The van der Waals surface area contributed by atoms with Crippen molar-refractivity contribution in [3.63, 3.8) is 0 Å². The van der Waals surface area contributed by atoms with Crippen molar-refractivity contribution in [1.29, 1.82) is 0 Å². The molecule has 0 spiro atoms. The maximum atomic E-state index is 7.20. The highest BCUT2D eigenvalue weighted by atomic mass is 16.5. The summed E-state index contributed by atoms with van der Waals surface area (Å²) in [6, 6.07) is 31.9. The van der Waals surface area contributed by atoms with Gasteiger partial charge < -0.3 is 4.74 Å². The summed E-state index contributed by atoms with van der Waals surface area (Å²) in [5, 5.41) is 0. The van der Waals surface area contributed by atoms with Gasteiger partial charge in [0, 0.05) is 0 Å². The molecule has 1 saturated carbocycles. The summed E-state index contributed by atoms with van der Waals surface area (Å²) in [4.78, 5) is 0. The van der Waals surface area contributed by atoms with Gasteiger partial charge in [0.2, 0.25) is 0 Å². The Morgan fingerprint density at radius 1 is 0.806 bits per heavy atom. The van der Waals surface area contributed by atoms with Crippen molar-refractivity contribution in [3.8, 4) is 0 Å². The zero-order valence-electron chi connectivity index (χ0n) is 18.6. The minimum Gasteiger partial charge on any atom is -0.353 e. The van der Waals surface area contributed by atoms with Gasteiger partial charge in [0.05, 0.1) is 6.10 Å². The number of ether oxygens (including phenoxy) is 1. The van der Waals surface area contributed by atoms with Crippen LogP contribution >= 0.6 is 0 Å². The first kappa shape index (κ1) is 21.6. The highest BCUT2D eigenvalue weighted by Crippen LogP contribution is 2.43. The van der Waals surface area contributed by atoms with Gasteiger partial charge in [0.15, 0.2) is 0 Å². The minimum absolute atomic E-state index is 0.0405. The molecule has 0 amide bonds. The van der Waals surface area contributed by atoms with E-state index < -0.39 is 5.60 Å². The highest BCUT2D eigenvalue weighted by molar-refractivity contribution is 5.47. The third-order valence-corrected chi connectivity index (χ3v) is 6.83. The highest BCUT2D eigenvalue weighted by Gasteiger charge is 2.40. The van der Waals surface area contributed by atoms with E-state index in [1.165, 1.54) is 32.1 Å². The lowest BCUT2D eigenvalue weighted by molar-refractivity contribution is -0.0506. The third kappa shape index (κ3) is 4.67. The van der Waals surface area contributed by atoms with E-state index in [9.17, 15) is 0 Å². The molecule has 31 heavy (non-hydrogen) atoms. The molecule has 0 radical (unpaired) electrons. The van der Waals surface area contributed by atoms with Crippen LogP contribution in [-0.4, -0.2) is 6.10 Å². The normalized spacial score (nSPS) is 16.7. The lowest BCUT2D eigenvalue weighted by Crippen LogP contribution is -2.38. The van der Waals surface area contributed by atoms with Gasteiger partial charge >= 0.3 is 0 Å². The molecule has 2 unspecified atom stereocenters. The van der Waals surface area contributed by atoms with Crippen molar-refractivity contribution in [2.45, 2.75) is 50.7 Å². The largest absolute Gasteiger partial charge is 0.353 e. The summed E-state index contributed by atoms with van der Waals surface area (Å²) in [5.74, 6) is 1.23. The fourth-order valence-corrected chi connectivity index (χ4v) is 5.23. The third-order valence-electron chi connectivity index (χ3n) is 6.83. The van der Waals surface area contributed by atoms with E-state index in [1.807, 2.05) is 6.08 Å². The topological polar surface area (TPSA) is 9.23 Å². The Hall–Kier alpha value is -2.64. The molecule has 4 rings (SSSR count). The average Bonchev–Trinajstić information content (AvgIpc) is 3.35. The van der Waals surface area contributed by atoms with Crippen LogP contribution in [0.4, 0.5) is 0 Å². The Morgan fingerprint density at radius 3 is 1.61 bits per heavy atom. The summed E-state index contributed by atoms with van der Waals surface area (Å²) >= 11 is 0. The van der Waals surface area contributed by atoms with Crippen molar-refractivity contribution in [2.75, 3.05) is 0 Å². The van der Waals surface area contributed by atoms with E-state index in [0.29, 0.717) is 5.92 Å². The molecule has 0 aromatic heterocycles. The monoisotopic (exact) mass is 410 g/mol. The first-order chi connectivity index (χ1) is 15.2. The summed E-state index contributed by atoms with van der Waals surface area (Å²) < 4.78 is 7.20. The van der Waals surface area contributed by atoms with E-state index in [2.05, 4.69) is 104 Å². The predicted octanol–water partition coefficient (Wildman–Crippen LogP) is 7.77. The zero-order chi connectivity index (χ0) is 21.5. The van der Waals surface area contributed by atoms with Gasteiger partial charge in [-0.25, -0.2) is 0 Å². The van der Waals surface area contributed by atoms with Gasteiger partial charge in [-0.05, 0) is 34.9 Å². The van der Waals surface area contributed by atoms with Crippen LogP contribution in [0.1, 0.15) is 55.7 Å². The second-order valence-electron chi connectivity index (χ2n) is 8.96. The SMILES string of the molecule is C=CC(OC(c1ccccc1)(c1ccccc1)c1ccccc1)C(C)CC1CCCC1. The lowest BCUT2D eigenvalue weighted by Gasteiger charge is -2.40. The molecule has 1 heteroatoms. The van der Waals surface area contributed by atoms with Crippen LogP contribution in [0, 0.1) is 11.8 Å². The first-order valence-electron chi connectivity index (χ1n) is 11.7. The molecule has 0 N–H and O–H groups in total. The van der Waals surface area contributed by atoms with Gasteiger partial charge in [-0.3, -0.25) is 0 Å². The van der Waals surface area contributed by atoms with E-state index in [0.717, 1.165) is 22.6 Å². The molecule has 3 aromatic carbocycles. The zero-order valence-corrected chi connectivity index (χ0v) is 18.6. The Morgan fingerprint density at radius 2 is 1.23 bits per heavy atom. The van der Waals surface area contributed by atoms with Gasteiger partial charge in [0.1, 0.15) is 5.60 Å². The Balaban J connectivity index is 1.80. The second kappa shape index (κ2) is 10.1. The van der Waals surface area contributed by atoms with Gasteiger partial charge in [-0.1, -0.05) is 130 Å². The molecule has 0 aliphatic heterocycles. The number of rotatable bonds is 9. The maximum absolute atomic E-state index is 7.20. The molecule has 1 aliphatic carbocycles. The molecule has 2 atom stereocenters. The van der Waals surface area contributed by atoms with Crippen LogP contribution in [-0.2, 0) is 10.3 Å². The number of benzene rings is 3. The van der Waals surface area contributed by atoms with Crippen molar-refractivity contribution >= 4 is 0 Å². The minimum atomic E-state index is -0.688. The molecule has 1 fully saturated rings. The molecule has 0 saturated heterocycles. The van der Waals surface area contributed by atoms with Gasteiger partial charge in [-0.2, -0.15) is 0 Å². The van der Waals surface area contributed by atoms with Crippen molar-refractivity contribution < 1.29 is 4.74 Å². The quantitative estimate of drug-likeness (QED) is 0.259. The summed E-state index contributed by atoms with van der Waals surface area (Å²) in [6.45, 7) is 6.53. The Labute approximate surface area is 187 Å². The smallest absolute Gasteiger partial charge is 0.144 e. The molecule has 0 bridgehead atoms. The number of hydrogen-bond donors (Lipinski definition) is 0. The molecule has 1 nitrogen and oxygen atoms in total. The predicted molar refractivity (Wildman–Crippen MR) is 130 cm³/mol. The molecule has 3 aromatic rings. The van der Waals surface area contributed by atoms with Crippen LogP contribution in [0.2, 0.25) is 0 Å². The molecule has 1 aliphatic rings. The summed E-state index contributed by atoms with van der Waals surface area (Å²) in [6.07, 6.45) is 8.64. The second-order valence-corrected chi connectivity index (χ2v) is 8.96. The van der Waals surface area contributed by atoms with Crippen LogP contribution < -0.4 is 0 Å². The van der Waals surface area contributed by atoms with Crippen molar-refractivity contribution in [2.24, 2.45) is 11.8 Å². The van der Waals surface area contributed by atoms with Crippen LogP contribution in [0.15, 0.2) is 104 Å². The molecular formula is C30H34O. The van der Waals surface area contributed by atoms with E-state index in [4.69, 9.17) is 4.74 Å². The van der Waals surface area contributed by atoms with Crippen LogP contribution in [0.25, 0.3) is 0 Å². The first-order valence-corrected chi connectivity index (χ1v) is 11.7. The fourth-order valence-electron chi connectivity index (χ4n) is 5.23. The average molecular weight is 411 g/mol. The molecule has 160 valence electrons. The molecule has 0 heterocycles. The summed E-state index contributed by atoms with van der Waals surface area (Å²) in [7, 11) is 0. The van der Waals surface area contributed by atoms with E-state index >= 15 is 0 Å². The van der Waals surface area contributed by atoms with Gasteiger partial charge in [0.25, 0.3) is 0 Å².